The van der Waals surface area contributed by atoms with E-state index >= 15 is 0 Å². The van der Waals surface area contributed by atoms with Gasteiger partial charge < -0.3 is 18.9 Å². The van der Waals surface area contributed by atoms with Crippen molar-refractivity contribution in [3.05, 3.63) is 54.4 Å². The number of rotatable bonds is 10. The number of aryl methyl sites for hydroxylation is 1. The Kier molecular flexibility index (Phi) is 7.64. The molecule has 0 aliphatic heterocycles. The molecule has 1 atom stereocenters. The zero-order valence-electron chi connectivity index (χ0n) is 16.2. The Balaban J connectivity index is 2.01. The fraction of sp³-hybridized carbons (Fsp3) is 0.409. The molecule has 0 saturated heterocycles. The largest absolute Gasteiger partial charge is 0.493 e. The second-order valence-corrected chi connectivity index (χ2v) is 6.18. The van der Waals surface area contributed by atoms with Crippen molar-refractivity contribution in [2.24, 2.45) is 0 Å². The maximum Gasteiger partial charge on any atom is 0.160 e. The molecule has 26 heavy (non-hydrogen) atoms. The molecule has 0 saturated carbocycles. The van der Waals surface area contributed by atoms with E-state index in [1.165, 1.54) is 11.1 Å². The molecule has 2 rings (SSSR count). The molecule has 141 valence electrons. The minimum absolute atomic E-state index is 0.398. The second-order valence-electron chi connectivity index (χ2n) is 6.18. The van der Waals surface area contributed by atoms with E-state index in [2.05, 4.69) is 31.2 Å². The van der Waals surface area contributed by atoms with E-state index in [1.54, 1.807) is 28.4 Å². The molecule has 4 heteroatoms. The molecule has 0 fully saturated rings. The van der Waals surface area contributed by atoms with Crippen LogP contribution in [0, 0.1) is 6.92 Å². The minimum atomic E-state index is 0.398. The summed E-state index contributed by atoms with van der Waals surface area (Å²) < 4.78 is 21.4. The van der Waals surface area contributed by atoms with Crippen molar-refractivity contribution in [2.45, 2.75) is 31.6 Å². The SMILES string of the molecule is [CH2]CC(CCCc1ccc(OC)c(OC)c1)c1ccc(OC)c(OC)c1. The number of ether oxygens (including phenoxy) is 4. The summed E-state index contributed by atoms with van der Waals surface area (Å²) in [5, 5.41) is 0. The normalized spacial score (nSPS) is 11.7. The van der Waals surface area contributed by atoms with E-state index in [-0.39, 0.29) is 0 Å². The molecule has 0 aromatic heterocycles. The van der Waals surface area contributed by atoms with Gasteiger partial charge >= 0.3 is 0 Å². The van der Waals surface area contributed by atoms with Gasteiger partial charge in [0.05, 0.1) is 28.4 Å². The highest BCUT2D eigenvalue weighted by molar-refractivity contribution is 5.44. The summed E-state index contributed by atoms with van der Waals surface area (Å²) >= 11 is 0. The molecule has 2 aromatic carbocycles. The molecule has 0 bridgehead atoms. The smallest absolute Gasteiger partial charge is 0.160 e. The highest BCUT2D eigenvalue weighted by Gasteiger charge is 2.13. The van der Waals surface area contributed by atoms with Crippen molar-refractivity contribution >= 4 is 0 Å². The number of benzene rings is 2. The van der Waals surface area contributed by atoms with Crippen LogP contribution in [0.25, 0.3) is 0 Å². The van der Waals surface area contributed by atoms with Crippen LogP contribution in [0.1, 0.15) is 36.3 Å². The number of hydrogen-bond acceptors (Lipinski definition) is 4. The van der Waals surface area contributed by atoms with Gasteiger partial charge in [0.25, 0.3) is 0 Å². The fourth-order valence-electron chi connectivity index (χ4n) is 3.17. The van der Waals surface area contributed by atoms with Crippen LogP contribution in [-0.4, -0.2) is 28.4 Å². The zero-order valence-corrected chi connectivity index (χ0v) is 16.2. The number of hydrogen-bond donors (Lipinski definition) is 0. The van der Waals surface area contributed by atoms with Gasteiger partial charge in [-0.05, 0) is 67.0 Å². The van der Waals surface area contributed by atoms with Gasteiger partial charge in [-0.15, -0.1) is 0 Å². The average molecular weight is 357 g/mol. The van der Waals surface area contributed by atoms with Gasteiger partial charge in [-0.1, -0.05) is 19.1 Å². The van der Waals surface area contributed by atoms with Gasteiger partial charge in [-0.2, -0.15) is 0 Å². The molecule has 0 amide bonds. The first-order chi connectivity index (χ1) is 12.7. The lowest BCUT2D eigenvalue weighted by Gasteiger charge is -2.17. The Morgan fingerprint density at radius 3 is 1.92 bits per heavy atom. The van der Waals surface area contributed by atoms with Crippen LogP contribution in [0.15, 0.2) is 36.4 Å². The predicted octanol–water partition coefficient (Wildman–Crippen LogP) is 5.05. The third-order valence-corrected chi connectivity index (χ3v) is 4.69. The Bertz CT molecular complexity index is 697. The molecule has 2 aromatic rings. The van der Waals surface area contributed by atoms with Crippen LogP contribution < -0.4 is 18.9 Å². The highest BCUT2D eigenvalue weighted by Crippen LogP contribution is 2.34. The highest BCUT2D eigenvalue weighted by atomic mass is 16.5. The maximum atomic E-state index is 5.42. The molecular formula is C22H29O4. The van der Waals surface area contributed by atoms with Crippen molar-refractivity contribution in [2.75, 3.05) is 28.4 Å². The van der Waals surface area contributed by atoms with Crippen LogP contribution in [0.5, 0.6) is 23.0 Å². The third kappa shape index (κ3) is 4.84. The first-order valence-corrected chi connectivity index (χ1v) is 8.88. The van der Waals surface area contributed by atoms with Crippen molar-refractivity contribution < 1.29 is 18.9 Å². The summed E-state index contributed by atoms with van der Waals surface area (Å²) in [4.78, 5) is 0. The predicted molar refractivity (Wildman–Crippen MR) is 105 cm³/mol. The van der Waals surface area contributed by atoms with Crippen LogP contribution in [0.2, 0.25) is 0 Å². The van der Waals surface area contributed by atoms with E-state index in [0.717, 1.165) is 48.7 Å². The van der Waals surface area contributed by atoms with Crippen molar-refractivity contribution in [3.8, 4) is 23.0 Å². The van der Waals surface area contributed by atoms with Crippen molar-refractivity contribution in [1.82, 2.24) is 0 Å². The third-order valence-electron chi connectivity index (χ3n) is 4.69. The standard InChI is InChI=1S/C22H29O4/c1-6-17(18-11-13-20(24-3)22(15-18)26-5)9-7-8-16-10-12-19(23-2)21(14-16)25-4/h10-15,17H,1,6-9H2,2-5H3. The molecule has 1 unspecified atom stereocenters. The Morgan fingerprint density at radius 2 is 1.35 bits per heavy atom. The molecule has 0 aliphatic carbocycles. The summed E-state index contributed by atoms with van der Waals surface area (Å²) in [5.41, 5.74) is 2.49. The lowest BCUT2D eigenvalue weighted by molar-refractivity contribution is 0.354. The van der Waals surface area contributed by atoms with Crippen LogP contribution >= 0.6 is 0 Å². The second kappa shape index (κ2) is 9.95. The van der Waals surface area contributed by atoms with Gasteiger partial charge in [-0.3, -0.25) is 0 Å². The molecule has 0 aliphatic rings. The van der Waals surface area contributed by atoms with E-state index in [4.69, 9.17) is 18.9 Å². The van der Waals surface area contributed by atoms with Gasteiger partial charge in [-0.25, -0.2) is 0 Å². The van der Waals surface area contributed by atoms with Gasteiger partial charge in [0, 0.05) is 0 Å². The van der Waals surface area contributed by atoms with Crippen molar-refractivity contribution in [1.29, 1.82) is 0 Å². The van der Waals surface area contributed by atoms with Crippen LogP contribution in [-0.2, 0) is 6.42 Å². The van der Waals surface area contributed by atoms with Gasteiger partial charge in [0.15, 0.2) is 23.0 Å². The summed E-state index contributed by atoms with van der Waals surface area (Å²) in [6.07, 6.45) is 3.98. The van der Waals surface area contributed by atoms with Crippen molar-refractivity contribution in [3.63, 3.8) is 0 Å². The van der Waals surface area contributed by atoms with Gasteiger partial charge in [0.1, 0.15) is 0 Å². The van der Waals surface area contributed by atoms with E-state index in [9.17, 15) is 0 Å². The van der Waals surface area contributed by atoms with E-state index in [0.29, 0.717) is 5.92 Å². The Hall–Kier alpha value is -2.36. The monoisotopic (exact) mass is 357 g/mol. The summed E-state index contributed by atoms with van der Waals surface area (Å²) in [6.45, 7) is 4.13. The molecule has 0 N–H and O–H groups in total. The lowest BCUT2D eigenvalue weighted by Crippen LogP contribution is -2.01. The summed E-state index contributed by atoms with van der Waals surface area (Å²) in [7, 11) is 6.63. The molecule has 1 radical (unpaired) electrons. The van der Waals surface area contributed by atoms with E-state index in [1.807, 2.05) is 12.1 Å². The lowest BCUT2D eigenvalue weighted by atomic mass is 9.90. The number of methoxy groups -OCH3 is 4. The zero-order chi connectivity index (χ0) is 18.9. The van der Waals surface area contributed by atoms with E-state index < -0.39 is 0 Å². The topological polar surface area (TPSA) is 36.9 Å². The average Bonchev–Trinajstić information content (AvgIpc) is 2.70. The maximum absolute atomic E-state index is 5.42. The van der Waals surface area contributed by atoms with Crippen LogP contribution in [0.3, 0.4) is 0 Å². The fourth-order valence-corrected chi connectivity index (χ4v) is 3.17. The summed E-state index contributed by atoms with van der Waals surface area (Å²) in [5.74, 6) is 3.46. The van der Waals surface area contributed by atoms with Gasteiger partial charge in [0.2, 0.25) is 0 Å². The Labute approximate surface area is 157 Å². The molecule has 0 heterocycles. The Morgan fingerprint density at radius 1 is 0.769 bits per heavy atom. The first kappa shape index (κ1) is 20.0. The molecule has 4 nitrogen and oxygen atoms in total. The van der Waals surface area contributed by atoms with Crippen LogP contribution in [0.4, 0.5) is 0 Å². The summed E-state index contributed by atoms with van der Waals surface area (Å²) in [6, 6.07) is 12.2. The first-order valence-electron chi connectivity index (χ1n) is 8.88. The quantitative estimate of drug-likeness (QED) is 0.596. The minimum Gasteiger partial charge on any atom is -0.493 e. The molecule has 0 spiro atoms. The molecular weight excluding hydrogens is 328 g/mol.